The van der Waals surface area contributed by atoms with E-state index in [2.05, 4.69) is 21.2 Å². The standard InChI is InChI=1S/C11H14BrNO2/c12-9-2-1-8(11(14)6-9)5-10-7-13-3-4-15-10/h1-2,6,10,13-14H,3-5,7H2. The van der Waals surface area contributed by atoms with Crippen molar-refractivity contribution in [3.63, 3.8) is 0 Å². The molecule has 1 atom stereocenters. The molecular weight excluding hydrogens is 258 g/mol. The zero-order valence-electron chi connectivity index (χ0n) is 8.37. The predicted molar refractivity (Wildman–Crippen MR) is 62.1 cm³/mol. The molecule has 15 heavy (non-hydrogen) atoms. The molecule has 2 rings (SSSR count). The molecule has 1 aromatic rings. The first kappa shape index (κ1) is 10.9. The third-order valence-corrected chi connectivity index (χ3v) is 2.99. The van der Waals surface area contributed by atoms with E-state index in [9.17, 15) is 5.11 Å². The molecule has 1 saturated heterocycles. The van der Waals surface area contributed by atoms with E-state index in [1.165, 1.54) is 0 Å². The van der Waals surface area contributed by atoms with Crippen LogP contribution in [-0.2, 0) is 11.2 Å². The lowest BCUT2D eigenvalue weighted by Crippen LogP contribution is -2.39. The SMILES string of the molecule is Oc1cc(Br)ccc1CC1CNCCO1. The topological polar surface area (TPSA) is 41.5 Å². The summed E-state index contributed by atoms with van der Waals surface area (Å²) >= 11 is 3.32. The average molecular weight is 272 g/mol. The van der Waals surface area contributed by atoms with Crippen LogP contribution in [0.5, 0.6) is 5.75 Å². The van der Waals surface area contributed by atoms with Gasteiger partial charge in [0, 0.05) is 24.0 Å². The van der Waals surface area contributed by atoms with Gasteiger partial charge in [-0.05, 0) is 17.7 Å². The number of hydrogen-bond donors (Lipinski definition) is 2. The second-order valence-corrected chi connectivity index (χ2v) is 4.59. The molecule has 1 aliphatic heterocycles. The fourth-order valence-electron chi connectivity index (χ4n) is 1.71. The Labute approximate surface area is 97.6 Å². The molecule has 0 radical (unpaired) electrons. The van der Waals surface area contributed by atoms with Gasteiger partial charge in [0.15, 0.2) is 0 Å². The van der Waals surface area contributed by atoms with E-state index in [-0.39, 0.29) is 6.10 Å². The van der Waals surface area contributed by atoms with Crippen LogP contribution >= 0.6 is 15.9 Å². The third-order valence-electron chi connectivity index (χ3n) is 2.50. The lowest BCUT2D eigenvalue weighted by molar-refractivity contribution is 0.0289. The van der Waals surface area contributed by atoms with E-state index >= 15 is 0 Å². The van der Waals surface area contributed by atoms with Crippen LogP contribution in [0, 0.1) is 0 Å². The Kier molecular flexibility index (Phi) is 3.61. The maximum absolute atomic E-state index is 9.72. The van der Waals surface area contributed by atoms with Crippen LogP contribution in [0.25, 0.3) is 0 Å². The summed E-state index contributed by atoms with van der Waals surface area (Å²) in [6.07, 6.45) is 0.928. The normalized spacial score (nSPS) is 21.5. The second kappa shape index (κ2) is 4.96. The zero-order valence-corrected chi connectivity index (χ0v) is 9.96. The largest absolute Gasteiger partial charge is 0.508 e. The highest BCUT2D eigenvalue weighted by atomic mass is 79.9. The smallest absolute Gasteiger partial charge is 0.119 e. The highest BCUT2D eigenvalue weighted by molar-refractivity contribution is 9.10. The van der Waals surface area contributed by atoms with Gasteiger partial charge in [-0.1, -0.05) is 22.0 Å². The van der Waals surface area contributed by atoms with Crippen molar-refractivity contribution in [1.82, 2.24) is 5.32 Å². The number of ether oxygens (including phenoxy) is 1. The summed E-state index contributed by atoms with van der Waals surface area (Å²) in [5, 5.41) is 13.0. The van der Waals surface area contributed by atoms with E-state index in [1.807, 2.05) is 12.1 Å². The molecule has 1 aromatic carbocycles. The van der Waals surface area contributed by atoms with Crippen molar-refractivity contribution in [3.8, 4) is 5.75 Å². The monoisotopic (exact) mass is 271 g/mol. The molecule has 1 aliphatic rings. The molecule has 1 heterocycles. The van der Waals surface area contributed by atoms with E-state index in [4.69, 9.17) is 4.74 Å². The van der Waals surface area contributed by atoms with Gasteiger partial charge >= 0.3 is 0 Å². The average Bonchev–Trinajstić information content (AvgIpc) is 2.24. The molecular formula is C11H14BrNO2. The molecule has 1 fully saturated rings. The molecule has 1 unspecified atom stereocenters. The third kappa shape index (κ3) is 2.93. The van der Waals surface area contributed by atoms with Crippen molar-refractivity contribution in [3.05, 3.63) is 28.2 Å². The molecule has 0 saturated carbocycles. The number of nitrogens with one attached hydrogen (secondary N) is 1. The van der Waals surface area contributed by atoms with Gasteiger partial charge in [-0.25, -0.2) is 0 Å². The predicted octanol–water partition coefficient (Wildman–Crippen LogP) is 1.69. The van der Waals surface area contributed by atoms with Gasteiger partial charge in [0.05, 0.1) is 12.7 Å². The zero-order chi connectivity index (χ0) is 10.7. The van der Waals surface area contributed by atoms with Crippen LogP contribution in [0.4, 0.5) is 0 Å². The van der Waals surface area contributed by atoms with Crippen LogP contribution in [0.1, 0.15) is 5.56 Å². The van der Waals surface area contributed by atoms with Crippen molar-refractivity contribution in [2.75, 3.05) is 19.7 Å². The summed E-state index contributed by atoms with van der Waals surface area (Å²) in [5.41, 5.74) is 0.937. The van der Waals surface area contributed by atoms with Crippen molar-refractivity contribution < 1.29 is 9.84 Å². The minimum Gasteiger partial charge on any atom is -0.508 e. The highest BCUT2D eigenvalue weighted by Gasteiger charge is 2.15. The van der Waals surface area contributed by atoms with Crippen molar-refractivity contribution in [2.45, 2.75) is 12.5 Å². The molecule has 0 amide bonds. The number of phenols is 1. The van der Waals surface area contributed by atoms with Crippen LogP contribution < -0.4 is 5.32 Å². The number of morpholine rings is 1. The number of phenolic OH excluding ortho intramolecular Hbond substituents is 1. The maximum Gasteiger partial charge on any atom is 0.119 e. The van der Waals surface area contributed by atoms with Crippen LogP contribution in [-0.4, -0.2) is 30.9 Å². The van der Waals surface area contributed by atoms with Crippen LogP contribution in [0.15, 0.2) is 22.7 Å². The summed E-state index contributed by atoms with van der Waals surface area (Å²) in [7, 11) is 0. The lowest BCUT2D eigenvalue weighted by Gasteiger charge is -2.23. The molecule has 0 aromatic heterocycles. The van der Waals surface area contributed by atoms with Crippen molar-refractivity contribution >= 4 is 15.9 Å². The van der Waals surface area contributed by atoms with Crippen LogP contribution in [0.3, 0.4) is 0 Å². The second-order valence-electron chi connectivity index (χ2n) is 3.67. The fraction of sp³-hybridized carbons (Fsp3) is 0.455. The van der Waals surface area contributed by atoms with E-state index in [1.54, 1.807) is 6.07 Å². The number of rotatable bonds is 2. The first-order chi connectivity index (χ1) is 7.25. The van der Waals surface area contributed by atoms with Gasteiger partial charge in [0.25, 0.3) is 0 Å². The highest BCUT2D eigenvalue weighted by Crippen LogP contribution is 2.24. The van der Waals surface area contributed by atoms with E-state index in [0.717, 1.165) is 36.2 Å². The first-order valence-corrected chi connectivity index (χ1v) is 5.85. The molecule has 82 valence electrons. The van der Waals surface area contributed by atoms with Gasteiger partial charge in [0.2, 0.25) is 0 Å². The summed E-state index contributed by atoms with van der Waals surface area (Å²) in [4.78, 5) is 0. The Morgan fingerprint density at radius 2 is 2.40 bits per heavy atom. The molecule has 4 heteroatoms. The minimum absolute atomic E-state index is 0.172. The summed E-state index contributed by atoms with van der Waals surface area (Å²) in [6.45, 7) is 2.53. The molecule has 0 aliphatic carbocycles. The molecule has 0 spiro atoms. The summed E-state index contributed by atoms with van der Waals surface area (Å²) in [5.74, 6) is 0.332. The van der Waals surface area contributed by atoms with Gasteiger partial charge in [-0.2, -0.15) is 0 Å². The number of benzene rings is 1. The number of halogens is 1. The summed E-state index contributed by atoms with van der Waals surface area (Å²) < 4.78 is 6.48. The van der Waals surface area contributed by atoms with Gasteiger partial charge in [0.1, 0.15) is 5.75 Å². The lowest BCUT2D eigenvalue weighted by atomic mass is 10.1. The van der Waals surface area contributed by atoms with Crippen LogP contribution in [0.2, 0.25) is 0 Å². The van der Waals surface area contributed by atoms with Gasteiger partial charge in [-0.15, -0.1) is 0 Å². The van der Waals surface area contributed by atoms with Crippen molar-refractivity contribution in [1.29, 1.82) is 0 Å². The quantitative estimate of drug-likeness (QED) is 0.860. The molecule has 2 N–H and O–H groups in total. The Balaban J connectivity index is 2.03. The first-order valence-electron chi connectivity index (χ1n) is 5.05. The Hall–Kier alpha value is -0.580. The Morgan fingerprint density at radius 1 is 1.53 bits per heavy atom. The number of hydrogen-bond acceptors (Lipinski definition) is 3. The maximum atomic E-state index is 9.72. The number of aromatic hydroxyl groups is 1. The van der Waals surface area contributed by atoms with E-state index < -0.39 is 0 Å². The van der Waals surface area contributed by atoms with Gasteiger partial charge in [-0.3, -0.25) is 0 Å². The Morgan fingerprint density at radius 3 is 3.07 bits per heavy atom. The van der Waals surface area contributed by atoms with Crippen molar-refractivity contribution in [2.24, 2.45) is 0 Å². The Bertz CT molecular complexity index is 337. The minimum atomic E-state index is 0.172. The summed E-state index contributed by atoms with van der Waals surface area (Å²) in [6, 6.07) is 5.58. The molecule has 0 bridgehead atoms. The van der Waals surface area contributed by atoms with E-state index in [0.29, 0.717) is 5.75 Å². The fourth-order valence-corrected chi connectivity index (χ4v) is 2.05. The molecule has 3 nitrogen and oxygen atoms in total. The van der Waals surface area contributed by atoms with Gasteiger partial charge < -0.3 is 15.2 Å².